The van der Waals surface area contributed by atoms with Gasteiger partial charge in [-0.15, -0.1) is 0 Å². The van der Waals surface area contributed by atoms with Crippen LogP contribution in [-0.4, -0.2) is 49.7 Å². The van der Waals surface area contributed by atoms with E-state index in [4.69, 9.17) is 15.6 Å². The zero-order valence-electron chi connectivity index (χ0n) is 12.1. The lowest BCUT2D eigenvalue weighted by molar-refractivity contribution is -0.0516. The summed E-state index contributed by atoms with van der Waals surface area (Å²) in [4.78, 5) is 0. The van der Waals surface area contributed by atoms with Crippen LogP contribution in [0.15, 0.2) is 24.3 Å². The molecular weight excluding hydrogens is 292 g/mol. The lowest BCUT2D eigenvalue weighted by atomic mass is 10.1. The van der Waals surface area contributed by atoms with Crippen LogP contribution in [0.4, 0.5) is 0 Å². The minimum Gasteiger partial charge on any atom is -0.394 e. The van der Waals surface area contributed by atoms with Gasteiger partial charge in [0.1, 0.15) is 0 Å². The standard InChI is InChI=1S/C14H22N2O4S/c1-11-9-20-14(8-17)7-16(11)21(18,19)10-13-4-2-12(6-15)3-5-13/h2-5,11,14,17H,6-10,15H2,1H3. The number of nitrogens with two attached hydrogens (primary N) is 1. The van der Waals surface area contributed by atoms with Crippen LogP contribution in [0.25, 0.3) is 0 Å². The summed E-state index contributed by atoms with van der Waals surface area (Å²) in [5.74, 6) is -0.0552. The highest BCUT2D eigenvalue weighted by Gasteiger charge is 2.34. The molecule has 1 aliphatic heterocycles. The van der Waals surface area contributed by atoms with E-state index in [1.54, 1.807) is 12.1 Å². The van der Waals surface area contributed by atoms with Crippen LogP contribution in [0, 0.1) is 0 Å². The molecule has 21 heavy (non-hydrogen) atoms. The molecule has 0 amide bonds. The Labute approximate surface area is 125 Å². The van der Waals surface area contributed by atoms with Crippen LogP contribution < -0.4 is 5.73 Å². The maximum absolute atomic E-state index is 12.5. The summed E-state index contributed by atoms with van der Waals surface area (Å²) in [5, 5.41) is 9.15. The Bertz CT molecular complexity index is 559. The van der Waals surface area contributed by atoms with Gasteiger partial charge in [0.25, 0.3) is 0 Å². The maximum atomic E-state index is 12.5. The molecule has 2 atom stereocenters. The third-order valence-corrected chi connectivity index (χ3v) is 5.54. The van der Waals surface area contributed by atoms with Crippen molar-refractivity contribution in [3.63, 3.8) is 0 Å². The number of benzene rings is 1. The molecule has 0 aromatic heterocycles. The third-order valence-electron chi connectivity index (χ3n) is 3.62. The fourth-order valence-electron chi connectivity index (χ4n) is 2.36. The molecule has 0 aliphatic carbocycles. The average molecular weight is 314 g/mol. The molecule has 6 nitrogen and oxygen atoms in total. The topological polar surface area (TPSA) is 92.9 Å². The van der Waals surface area contributed by atoms with Gasteiger partial charge in [0, 0.05) is 19.1 Å². The van der Waals surface area contributed by atoms with E-state index in [0.717, 1.165) is 11.1 Å². The molecule has 1 fully saturated rings. The predicted octanol–water partition coefficient (Wildman–Crippen LogP) is 0.0567. The minimum absolute atomic E-state index is 0.0552. The van der Waals surface area contributed by atoms with Crippen molar-refractivity contribution in [2.75, 3.05) is 19.8 Å². The lowest BCUT2D eigenvalue weighted by Crippen LogP contribution is -2.52. The van der Waals surface area contributed by atoms with Crippen molar-refractivity contribution in [3.8, 4) is 0 Å². The molecule has 0 spiro atoms. The van der Waals surface area contributed by atoms with E-state index < -0.39 is 16.1 Å². The number of ether oxygens (including phenoxy) is 1. The van der Waals surface area contributed by atoms with Crippen molar-refractivity contribution in [1.82, 2.24) is 4.31 Å². The van der Waals surface area contributed by atoms with E-state index >= 15 is 0 Å². The van der Waals surface area contributed by atoms with Crippen LogP contribution >= 0.6 is 0 Å². The van der Waals surface area contributed by atoms with Gasteiger partial charge >= 0.3 is 0 Å². The molecular formula is C14H22N2O4S. The maximum Gasteiger partial charge on any atom is 0.218 e. The quantitative estimate of drug-likeness (QED) is 0.801. The van der Waals surface area contributed by atoms with Crippen molar-refractivity contribution < 1.29 is 18.3 Å². The van der Waals surface area contributed by atoms with Gasteiger partial charge < -0.3 is 15.6 Å². The van der Waals surface area contributed by atoms with Crippen LogP contribution in [0.3, 0.4) is 0 Å². The molecule has 1 aliphatic rings. The normalized spacial score (nSPS) is 24.1. The van der Waals surface area contributed by atoms with Gasteiger partial charge in [-0.3, -0.25) is 0 Å². The summed E-state index contributed by atoms with van der Waals surface area (Å²) in [5.41, 5.74) is 7.23. The highest BCUT2D eigenvalue weighted by atomic mass is 32.2. The number of sulfonamides is 1. The van der Waals surface area contributed by atoms with E-state index in [0.29, 0.717) is 13.2 Å². The molecule has 1 aromatic carbocycles. The fourth-order valence-corrected chi connectivity index (χ4v) is 4.14. The molecule has 2 rings (SSSR count). The van der Waals surface area contributed by atoms with Gasteiger partial charge in [0.05, 0.1) is 25.1 Å². The highest BCUT2D eigenvalue weighted by molar-refractivity contribution is 7.88. The molecule has 0 radical (unpaired) electrons. The highest BCUT2D eigenvalue weighted by Crippen LogP contribution is 2.19. The number of hydrogen-bond acceptors (Lipinski definition) is 5. The predicted molar refractivity (Wildman–Crippen MR) is 80.0 cm³/mol. The molecule has 3 N–H and O–H groups in total. The van der Waals surface area contributed by atoms with Crippen molar-refractivity contribution in [1.29, 1.82) is 0 Å². The van der Waals surface area contributed by atoms with Gasteiger partial charge in [-0.2, -0.15) is 4.31 Å². The number of rotatable bonds is 5. The second-order valence-electron chi connectivity index (χ2n) is 5.33. The summed E-state index contributed by atoms with van der Waals surface area (Å²) in [7, 11) is -3.44. The fraction of sp³-hybridized carbons (Fsp3) is 0.571. The van der Waals surface area contributed by atoms with Gasteiger partial charge in [0.2, 0.25) is 10.0 Å². The summed E-state index contributed by atoms with van der Waals surface area (Å²) in [6, 6.07) is 7.03. The van der Waals surface area contributed by atoms with Crippen molar-refractivity contribution in [2.45, 2.75) is 31.4 Å². The van der Waals surface area contributed by atoms with E-state index in [2.05, 4.69) is 0 Å². The number of aliphatic hydroxyl groups excluding tert-OH is 1. The summed E-state index contributed by atoms with van der Waals surface area (Å²) in [6.45, 7) is 2.57. The number of aliphatic hydroxyl groups is 1. The molecule has 0 saturated carbocycles. The van der Waals surface area contributed by atoms with E-state index in [-0.39, 0.29) is 24.9 Å². The van der Waals surface area contributed by atoms with Crippen LogP contribution in [0.2, 0.25) is 0 Å². The first kappa shape index (κ1) is 16.4. The Balaban J connectivity index is 2.12. The summed E-state index contributed by atoms with van der Waals surface area (Å²) < 4.78 is 31.9. The first-order valence-electron chi connectivity index (χ1n) is 6.96. The smallest absolute Gasteiger partial charge is 0.218 e. The Morgan fingerprint density at radius 1 is 1.33 bits per heavy atom. The number of morpholine rings is 1. The molecule has 1 heterocycles. The summed E-state index contributed by atoms with van der Waals surface area (Å²) >= 11 is 0. The monoisotopic (exact) mass is 314 g/mol. The summed E-state index contributed by atoms with van der Waals surface area (Å²) in [6.07, 6.45) is -0.449. The average Bonchev–Trinajstić information content (AvgIpc) is 2.48. The Kier molecular flexibility index (Phi) is 5.34. The van der Waals surface area contributed by atoms with E-state index in [1.165, 1.54) is 4.31 Å². The third kappa shape index (κ3) is 4.02. The van der Waals surface area contributed by atoms with E-state index in [1.807, 2.05) is 19.1 Å². The molecule has 1 aromatic rings. The van der Waals surface area contributed by atoms with Crippen LogP contribution in [-0.2, 0) is 27.1 Å². The minimum atomic E-state index is -3.44. The van der Waals surface area contributed by atoms with Gasteiger partial charge in [0.15, 0.2) is 0 Å². The van der Waals surface area contributed by atoms with Crippen LogP contribution in [0.1, 0.15) is 18.1 Å². The van der Waals surface area contributed by atoms with Crippen molar-refractivity contribution in [3.05, 3.63) is 35.4 Å². The van der Waals surface area contributed by atoms with E-state index in [9.17, 15) is 8.42 Å². The SMILES string of the molecule is CC1COC(CO)CN1S(=O)(=O)Cc1ccc(CN)cc1. The van der Waals surface area contributed by atoms with Gasteiger partial charge in [-0.25, -0.2) is 8.42 Å². The van der Waals surface area contributed by atoms with Crippen LogP contribution in [0.5, 0.6) is 0 Å². The van der Waals surface area contributed by atoms with Crippen molar-refractivity contribution >= 4 is 10.0 Å². The second-order valence-corrected chi connectivity index (χ2v) is 7.25. The largest absolute Gasteiger partial charge is 0.394 e. The molecule has 118 valence electrons. The van der Waals surface area contributed by atoms with Crippen molar-refractivity contribution in [2.24, 2.45) is 5.73 Å². The molecule has 7 heteroatoms. The lowest BCUT2D eigenvalue weighted by Gasteiger charge is -2.36. The first-order chi connectivity index (χ1) is 9.96. The number of hydrogen-bond donors (Lipinski definition) is 2. The molecule has 1 saturated heterocycles. The Hall–Kier alpha value is -0.990. The zero-order valence-corrected chi connectivity index (χ0v) is 12.9. The van der Waals surface area contributed by atoms with Gasteiger partial charge in [-0.1, -0.05) is 24.3 Å². The number of nitrogens with zero attached hydrogens (tertiary/aromatic N) is 1. The molecule has 2 unspecified atom stereocenters. The molecule has 0 bridgehead atoms. The Morgan fingerprint density at radius 2 is 1.95 bits per heavy atom. The van der Waals surface area contributed by atoms with Gasteiger partial charge in [-0.05, 0) is 18.1 Å². The zero-order chi connectivity index (χ0) is 15.5. The first-order valence-corrected chi connectivity index (χ1v) is 8.57. The second kappa shape index (κ2) is 6.85. The Morgan fingerprint density at radius 3 is 2.52 bits per heavy atom.